The van der Waals surface area contributed by atoms with E-state index >= 15 is 0 Å². The first kappa shape index (κ1) is 18.7. The molecule has 1 amide bonds. The van der Waals surface area contributed by atoms with Crippen LogP contribution in [0.3, 0.4) is 0 Å². The standard InChI is InChI=1S/C15H31N5O2/c1-3-6-17-14(21)5-7-18-15(16-4-2)19-8-9-20-10-12-22-13-11-20/h3-13H2,1-2H3,(H,17,21)(H2,16,18,19). The van der Waals surface area contributed by atoms with Gasteiger partial charge in [-0.2, -0.15) is 0 Å². The monoisotopic (exact) mass is 313 g/mol. The molecule has 1 saturated heterocycles. The molecule has 0 unspecified atom stereocenters. The van der Waals surface area contributed by atoms with E-state index in [1.165, 1.54) is 0 Å². The normalized spacial score (nSPS) is 16.4. The van der Waals surface area contributed by atoms with Gasteiger partial charge in [0.2, 0.25) is 5.91 Å². The van der Waals surface area contributed by atoms with E-state index < -0.39 is 0 Å². The Labute approximate surface area is 133 Å². The van der Waals surface area contributed by atoms with Gasteiger partial charge in [0, 0.05) is 45.7 Å². The van der Waals surface area contributed by atoms with Gasteiger partial charge < -0.3 is 20.7 Å². The second kappa shape index (κ2) is 12.2. The summed E-state index contributed by atoms with van der Waals surface area (Å²) in [6.45, 7) is 11.5. The van der Waals surface area contributed by atoms with Crippen LogP contribution in [0.4, 0.5) is 0 Å². The number of hydrogen-bond acceptors (Lipinski definition) is 4. The summed E-state index contributed by atoms with van der Waals surface area (Å²) >= 11 is 0. The lowest BCUT2D eigenvalue weighted by Crippen LogP contribution is -2.41. The molecule has 128 valence electrons. The Kier molecular flexibility index (Phi) is 10.4. The highest BCUT2D eigenvalue weighted by molar-refractivity contribution is 5.81. The third-order valence-electron chi connectivity index (χ3n) is 3.35. The number of nitrogens with zero attached hydrogens (tertiary/aromatic N) is 2. The third-order valence-corrected chi connectivity index (χ3v) is 3.35. The minimum Gasteiger partial charge on any atom is -0.379 e. The second-order valence-corrected chi connectivity index (χ2v) is 5.24. The first-order valence-electron chi connectivity index (χ1n) is 8.35. The van der Waals surface area contributed by atoms with E-state index in [9.17, 15) is 4.79 Å². The minimum atomic E-state index is 0.0820. The number of aliphatic imine (C=N–C) groups is 1. The molecule has 0 atom stereocenters. The predicted octanol–water partition coefficient (Wildman–Crippen LogP) is -0.210. The molecule has 7 nitrogen and oxygen atoms in total. The van der Waals surface area contributed by atoms with Gasteiger partial charge in [-0.25, -0.2) is 0 Å². The van der Waals surface area contributed by atoms with Crippen LogP contribution in [0.2, 0.25) is 0 Å². The maximum atomic E-state index is 11.5. The van der Waals surface area contributed by atoms with E-state index in [0.29, 0.717) is 13.0 Å². The zero-order valence-electron chi connectivity index (χ0n) is 14.0. The van der Waals surface area contributed by atoms with Gasteiger partial charge in [0.1, 0.15) is 0 Å². The van der Waals surface area contributed by atoms with Crippen LogP contribution in [-0.4, -0.2) is 75.8 Å². The Hall–Kier alpha value is -1.34. The molecule has 0 spiro atoms. The zero-order valence-corrected chi connectivity index (χ0v) is 14.0. The molecule has 7 heteroatoms. The lowest BCUT2D eigenvalue weighted by Gasteiger charge is -2.25. The zero-order chi connectivity index (χ0) is 16.0. The molecule has 3 N–H and O–H groups in total. The summed E-state index contributed by atoms with van der Waals surface area (Å²) < 4.78 is 5.33. The maximum Gasteiger partial charge on any atom is 0.221 e. The molecule has 1 fully saturated rings. The molecule has 0 aromatic rings. The number of carbonyl (C=O) groups excluding carboxylic acids is 1. The van der Waals surface area contributed by atoms with Crippen molar-refractivity contribution < 1.29 is 9.53 Å². The van der Waals surface area contributed by atoms with Crippen molar-refractivity contribution in [2.24, 2.45) is 4.99 Å². The molecule has 0 aliphatic carbocycles. The summed E-state index contributed by atoms with van der Waals surface area (Å²) in [5.74, 6) is 0.859. The highest BCUT2D eigenvalue weighted by Crippen LogP contribution is 1.95. The minimum absolute atomic E-state index is 0.0820. The van der Waals surface area contributed by atoms with Gasteiger partial charge in [-0.1, -0.05) is 6.92 Å². The van der Waals surface area contributed by atoms with Crippen molar-refractivity contribution in [2.45, 2.75) is 26.7 Å². The Morgan fingerprint density at radius 1 is 1.14 bits per heavy atom. The van der Waals surface area contributed by atoms with Gasteiger partial charge in [0.05, 0.1) is 19.8 Å². The average molecular weight is 313 g/mol. The van der Waals surface area contributed by atoms with Crippen molar-refractivity contribution in [1.29, 1.82) is 0 Å². The van der Waals surface area contributed by atoms with Crippen molar-refractivity contribution in [3.63, 3.8) is 0 Å². The number of carbonyl (C=O) groups is 1. The first-order valence-corrected chi connectivity index (χ1v) is 8.35. The quantitative estimate of drug-likeness (QED) is 0.406. The van der Waals surface area contributed by atoms with Gasteiger partial charge in [-0.3, -0.25) is 14.7 Å². The summed E-state index contributed by atoms with van der Waals surface area (Å²) in [6.07, 6.45) is 1.43. The summed E-state index contributed by atoms with van der Waals surface area (Å²) in [7, 11) is 0. The summed E-state index contributed by atoms with van der Waals surface area (Å²) in [4.78, 5) is 18.4. The summed E-state index contributed by atoms with van der Waals surface area (Å²) in [5, 5.41) is 9.27. The fraction of sp³-hybridized carbons (Fsp3) is 0.867. The van der Waals surface area contributed by atoms with Crippen LogP contribution < -0.4 is 16.0 Å². The second-order valence-electron chi connectivity index (χ2n) is 5.24. The van der Waals surface area contributed by atoms with E-state index in [0.717, 1.165) is 64.9 Å². The molecule has 0 saturated carbocycles. The van der Waals surface area contributed by atoms with Gasteiger partial charge >= 0.3 is 0 Å². The number of guanidine groups is 1. The SMILES string of the molecule is CCCNC(=O)CCNC(=NCCN1CCOCC1)NCC. The van der Waals surface area contributed by atoms with Gasteiger partial charge in [-0.15, -0.1) is 0 Å². The number of morpholine rings is 1. The topological polar surface area (TPSA) is 78.0 Å². The largest absolute Gasteiger partial charge is 0.379 e. The Bertz CT molecular complexity index is 330. The number of rotatable bonds is 9. The molecule has 1 rings (SSSR count). The van der Waals surface area contributed by atoms with Crippen LogP contribution in [0, 0.1) is 0 Å². The number of ether oxygens (including phenoxy) is 1. The van der Waals surface area contributed by atoms with E-state index in [2.05, 4.69) is 25.8 Å². The Balaban J connectivity index is 2.21. The van der Waals surface area contributed by atoms with E-state index in [4.69, 9.17) is 4.74 Å². The van der Waals surface area contributed by atoms with E-state index in [1.807, 2.05) is 13.8 Å². The molecule has 22 heavy (non-hydrogen) atoms. The number of nitrogens with one attached hydrogen (secondary N) is 3. The highest BCUT2D eigenvalue weighted by atomic mass is 16.5. The maximum absolute atomic E-state index is 11.5. The molecule has 0 aromatic heterocycles. The van der Waals surface area contributed by atoms with Crippen LogP contribution in [0.15, 0.2) is 4.99 Å². The first-order chi connectivity index (χ1) is 10.8. The lowest BCUT2D eigenvalue weighted by molar-refractivity contribution is -0.120. The number of hydrogen-bond donors (Lipinski definition) is 3. The predicted molar refractivity (Wildman–Crippen MR) is 89.2 cm³/mol. The van der Waals surface area contributed by atoms with Crippen LogP contribution >= 0.6 is 0 Å². The molecule has 0 radical (unpaired) electrons. The highest BCUT2D eigenvalue weighted by Gasteiger charge is 2.09. The van der Waals surface area contributed by atoms with Crippen LogP contribution in [0.1, 0.15) is 26.7 Å². The molecule has 0 aromatic carbocycles. The van der Waals surface area contributed by atoms with Crippen LogP contribution in [-0.2, 0) is 9.53 Å². The van der Waals surface area contributed by atoms with Gasteiger partial charge in [0.15, 0.2) is 5.96 Å². The summed E-state index contributed by atoms with van der Waals surface area (Å²) in [6, 6.07) is 0. The van der Waals surface area contributed by atoms with Crippen molar-refractivity contribution >= 4 is 11.9 Å². The lowest BCUT2D eigenvalue weighted by atomic mass is 10.4. The van der Waals surface area contributed by atoms with Gasteiger partial charge in [0.25, 0.3) is 0 Å². The molecular weight excluding hydrogens is 282 g/mol. The van der Waals surface area contributed by atoms with Crippen LogP contribution in [0.25, 0.3) is 0 Å². The summed E-state index contributed by atoms with van der Waals surface area (Å²) in [5.41, 5.74) is 0. The third kappa shape index (κ3) is 8.84. The fourth-order valence-corrected chi connectivity index (χ4v) is 2.12. The fourth-order valence-electron chi connectivity index (χ4n) is 2.12. The molecule has 1 aliphatic heterocycles. The molecular formula is C15H31N5O2. The molecule has 0 bridgehead atoms. The van der Waals surface area contributed by atoms with Crippen LogP contribution in [0.5, 0.6) is 0 Å². The van der Waals surface area contributed by atoms with Crippen molar-refractivity contribution in [1.82, 2.24) is 20.9 Å². The van der Waals surface area contributed by atoms with Crippen molar-refractivity contribution in [3.8, 4) is 0 Å². The van der Waals surface area contributed by atoms with E-state index in [1.54, 1.807) is 0 Å². The van der Waals surface area contributed by atoms with Crippen molar-refractivity contribution in [3.05, 3.63) is 0 Å². The van der Waals surface area contributed by atoms with E-state index in [-0.39, 0.29) is 5.91 Å². The average Bonchev–Trinajstić information content (AvgIpc) is 2.54. The van der Waals surface area contributed by atoms with Gasteiger partial charge in [-0.05, 0) is 13.3 Å². The van der Waals surface area contributed by atoms with Crippen molar-refractivity contribution in [2.75, 3.05) is 59.0 Å². The number of amides is 1. The smallest absolute Gasteiger partial charge is 0.221 e. The Morgan fingerprint density at radius 3 is 2.59 bits per heavy atom. The molecule has 1 heterocycles. The Morgan fingerprint density at radius 2 is 1.91 bits per heavy atom. The molecule has 1 aliphatic rings.